The van der Waals surface area contributed by atoms with Crippen molar-refractivity contribution in [2.45, 2.75) is 50.7 Å². The van der Waals surface area contributed by atoms with Crippen molar-refractivity contribution in [3.63, 3.8) is 0 Å². The van der Waals surface area contributed by atoms with Crippen LogP contribution in [0.1, 0.15) is 33.6 Å². The van der Waals surface area contributed by atoms with Gasteiger partial charge in [-0.1, -0.05) is 0 Å². The molecular weight excluding hydrogens is 148 g/mol. The van der Waals surface area contributed by atoms with E-state index in [1.165, 1.54) is 0 Å². The molecule has 1 nitrogen and oxygen atoms in total. The largest absolute Gasteiger partial charge is 0.373 e. The van der Waals surface area contributed by atoms with E-state index in [0.717, 1.165) is 12.8 Å². The van der Waals surface area contributed by atoms with Crippen molar-refractivity contribution >= 4 is 11.6 Å². The van der Waals surface area contributed by atoms with Gasteiger partial charge in [-0.3, -0.25) is 0 Å². The summed E-state index contributed by atoms with van der Waals surface area (Å²) in [5.74, 6) is 0. The van der Waals surface area contributed by atoms with Crippen LogP contribution in [-0.2, 0) is 4.74 Å². The third kappa shape index (κ3) is 2.47. The van der Waals surface area contributed by atoms with E-state index in [-0.39, 0.29) is 5.60 Å². The zero-order valence-corrected chi connectivity index (χ0v) is 7.61. The smallest absolute Gasteiger partial charge is 0.0610 e. The van der Waals surface area contributed by atoms with Gasteiger partial charge in [0.05, 0.1) is 11.7 Å². The van der Waals surface area contributed by atoms with E-state index in [9.17, 15) is 0 Å². The second-order valence-electron chi connectivity index (χ2n) is 3.92. The second kappa shape index (κ2) is 2.71. The molecule has 1 rings (SSSR count). The van der Waals surface area contributed by atoms with E-state index >= 15 is 0 Å². The van der Waals surface area contributed by atoms with Gasteiger partial charge in [-0.15, -0.1) is 11.6 Å². The van der Waals surface area contributed by atoms with Crippen LogP contribution in [0.3, 0.4) is 0 Å². The first kappa shape index (κ1) is 8.35. The molecule has 0 radical (unpaired) electrons. The van der Waals surface area contributed by atoms with Gasteiger partial charge in [0.25, 0.3) is 0 Å². The van der Waals surface area contributed by atoms with Crippen molar-refractivity contribution in [3.05, 3.63) is 0 Å². The quantitative estimate of drug-likeness (QED) is 0.539. The summed E-state index contributed by atoms with van der Waals surface area (Å²) in [5.41, 5.74) is 0.00168. The maximum atomic E-state index is 5.79. The zero-order chi connectivity index (χ0) is 7.78. The topological polar surface area (TPSA) is 9.23 Å². The first-order valence-electron chi connectivity index (χ1n) is 3.79. The molecule has 1 aliphatic rings. The molecule has 0 aromatic heterocycles. The van der Waals surface area contributed by atoms with E-state index in [1.807, 2.05) is 0 Å². The van der Waals surface area contributed by atoms with Gasteiger partial charge in [0.2, 0.25) is 0 Å². The number of hydrogen-bond acceptors (Lipinski definition) is 1. The molecule has 60 valence electrons. The van der Waals surface area contributed by atoms with E-state index in [4.69, 9.17) is 16.3 Å². The van der Waals surface area contributed by atoms with Gasteiger partial charge in [0.15, 0.2) is 0 Å². The highest BCUT2D eigenvalue weighted by Gasteiger charge is 2.31. The van der Waals surface area contributed by atoms with Crippen LogP contribution in [-0.4, -0.2) is 17.1 Å². The van der Waals surface area contributed by atoms with Crippen molar-refractivity contribution in [1.82, 2.24) is 0 Å². The third-order valence-corrected chi connectivity index (χ3v) is 1.91. The highest BCUT2D eigenvalue weighted by atomic mass is 35.5. The Kier molecular flexibility index (Phi) is 2.26. The number of halogens is 1. The minimum atomic E-state index is 0.00168. The monoisotopic (exact) mass is 162 g/mol. The molecule has 0 spiro atoms. The normalized spacial score (nSPS) is 33.6. The molecule has 0 bridgehead atoms. The molecule has 10 heavy (non-hydrogen) atoms. The molecule has 0 amide bonds. The summed E-state index contributed by atoms with van der Waals surface area (Å²) in [6.45, 7) is 6.23. The Labute approximate surface area is 67.7 Å². The van der Waals surface area contributed by atoms with Crippen molar-refractivity contribution in [2.24, 2.45) is 0 Å². The lowest BCUT2D eigenvalue weighted by Crippen LogP contribution is -2.37. The molecule has 1 fully saturated rings. The fraction of sp³-hybridized carbons (Fsp3) is 1.00. The Hall–Kier alpha value is 0.250. The SMILES string of the molecule is CC(C)(C)OC1CC(Cl)C1. The molecular formula is C8H15ClO. The number of ether oxygens (including phenoxy) is 1. The van der Waals surface area contributed by atoms with Crippen LogP contribution in [0.15, 0.2) is 0 Å². The molecule has 0 heterocycles. The highest BCUT2D eigenvalue weighted by Crippen LogP contribution is 2.31. The molecule has 2 heteroatoms. The molecule has 0 aliphatic heterocycles. The number of rotatable bonds is 1. The average molecular weight is 163 g/mol. The Morgan fingerprint density at radius 1 is 1.30 bits per heavy atom. The lowest BCUT2D eigenvalue weighted by molar-refractivity contribution is -0.0899. The summed E-state index contributed by atoms with van der Waals surface area (Å²) in [4.78, 5) is 0. The second-order valence-corrected chi connectivity index (χ2v) is 4.54. The van der Waals surface area contributed by atoms with Crippen LogP contribution in [0.25, 0.3) is 0 Å². The summed E-state index contributed by atoms with van der Waals surface area (Å²) in [5, 5.41) is 0.368. The molecule has 0 atom stereocenters. The molecule has 0 N–H and O–H groups in total. The number of hydrogen-bond donors (Lipinski definition) is 0. The van der Waals surface area contributed by atoms with Gasteiger partial charge in [0, 0.05) is 5.38 Å². The summed E-state index contributed by atoms with van der Waals surface area (Å²) in [6.07, 6.45) is 2.47. The Morgan fingerprint density at radius 2 is 1.80 bits per heavy atom. The van der Waals surface area contributed by atoms with Gasteiger partial charge in [-0.25, -0.2) is 0 Å². The minimum absolute atomic E-state index is 0.00168. The van der Waals surface area contributed by atoms with Crippen molar-refractivity contribution < 1.29 is 4.74 Å². The van der Waals surface area contributed by atoms with E-state index in [0.29, 0.717) is 11.5 Å². The fourth-order valence-corrected chi connectivity index (χ4v) is 1.50. The summed E-state index contributed by atoms with van der Waals surface area (Å²) in [6, 6.07) is 0. The molecule has 1 aliphatic carbocycles. The predicted molar refractivity (Wildman–Crippen MR) is 43.5 cm³/mol. The van der Waals surface area contributed by atoms with Crippen molar-refractivity contribution in [2.75, 3.05) is 0 Å². The van der Waals surface area contributed by atoms with E-state index in [1.54, 1.807) is 0 Å². The Bertz CT molecular complexity index is 111. The van der Waals surface area contributed by atoms with Crippen LogP contribution in [0.4, 0.5) is 0 Å². The summed E-state index contributed by atoms with van der Waals surface area (Å²) >= 11 is 5.79. The van der Waals surface area contributed by atoms with Crippen LogP contribution < -0.4 is 0 Å². The Balaban J connectivity index is 2.16. The lowest BCUT2D eigenvalue weighted by atomic mass is 9.94. The third-order valence-electron chi connectivity index (χ3n) is 1.56. The zero-order valence-electron chi connectivity index (χ0n) is 6.86. The molecule has 0 unspecified atom stereocenters. The maximum absolute atomic E-state index is 5.79. The van der Waals surface area contributed by atoms with Gasteiger partial charge in [-0.05, 0) is 33.6 Å². The van der Waals surface area contributed by atoms with E-state index < -0.39 is 0 Å². The van der Waals surface area contributed by atoms with Crippen LogP contribution >= 0.6 is 11.6 Å². The standard InChI is InChI=1S/C8H15ClO/c1-8(2,3)10-7-4-6(9)5-7/h6-7H,4-5H2,1-3H3. The molecule has 0 saturated heterocycles. The minimum Gasteiger partial charge on any atom is -0.373 e. The lowest BCUT2D eigenvalue weighted by Gasteiger charge is -2.36. The van der Waals surface area contributed by atoms with Crippen molar-refractivity contribution in [1.29, 1.82) is 0 Å². The van der Waals surface area contributed by atoms with Crippen LogP contribution in [0.2, 0.25) is 0 Å². The first-order chi connectivity index (χ1) is 4.47. The van der Waals surface area contributed by atoms with Gasteiger partial charge >= 0.3 is 0 Å². The molecule has 0 aromatic carbocycles. The van der Waals surface area contributed by atoms with Crippen LogP contribution in [0, 0.1) is 0 Å². The summed E-state index contributed by atoms with van der Waals surface area (Å²) in [7, 11) is 0. The number of alkyl halides is 1. The highest BCUT2D eigenvalue weighted by molar-refractivity contribution is 6.21. The average Bonchev–Trinajstić information content (AvgIpc) is 1.57. The molecule has 0 aromatic rings. The van der Waals surface area contributed by atoms with Crippen molar-refractivity contribution in [3.8, 4) is 0 Å². The van der Waals surface area contributed by atoms with Gasteiger partial charge in [-0.2, -0.15) is 0 Å². The van der Waals surface area contributed by atoms with Gasteiger partial charge < -0.3 is 4.74 Å². The Morgan fingerprint density at radius 3 is 2.10 bits per heavy atom. The summed E-state index contributed by atoms with van der Waals surface area (Å²) < 4.78 is 5.66. The predicted octanol–water partition coefficient (Wildman–Crippen LogP) is 2.57. The van der Waals surface area contributed by atoms with Gasteiger partial charge in [0.1, 0.15) is 0 Å². The molecule has 1 saturated carbocycles. The fourth-order valence-electron chi connectivity index (χ4n) is 1.10. The first-order valence-corrected chi connectivity index (χ1v) is 4.23. The van der Waals surface area contributed by atoms with E-state index in [2.05, 4.69) is 20.8 Å². The maximum Gasteiger partial charge on any atom is 0.0610 e. The van der Waals surface area contributed by atoms with Crippen LogP contribution in [0.5, 0.6) is 0 Å².